The van der Waals surface area contributed by atoms with Gasteiger partial charge in [-0.1, -0.05) is 11.2 Å². The molecule has 0 spiro atoms. The van der Waals surface area contributed by atoms with Gasteiger partial charge in [0.25, 0.3) is 5.91 Å². The lowest BCUT2D eigenvalue weighted by Gasteiger charge is -2.12. The molecule has 21 heavy (non-hydrogen) atoms. The molecule has 1 heterocycles. The molecular formula is C13H15N3O4S. The first-order chi connectivity index (χ1) is 9.80. The van der Waals surface area contributed by atoms with Crippen molar-refractivity contribution >= 4 is 21.6 Å². The van der Waals surface area contributed by atoms with Gasteiger partial charge in [-0.2, -0.15) is 0 Å². The van der Waals surface area contributed by atoms with Crippen molar-refractivity contribution in [1.29, 1.82) is 0 Å². The van der Waals surface area contributed by atoms with E-state index in [1.54, 1.807) is 19.1 Å². The molecule has 2 rings (SSSR count). The van der Waals surface area contributed by atoms with Gasteiger partial charge in [0, 0.05) is 25.8 Å². The summed E-state index contributed by atoms with van der Waals surface area (Å²) in [6.45, 7) is 1.70. The lowest BCUT2D eigenvalue weighted by Crippen LogP contribution is -2.22. The zero-order valence-electron chi connectivity index (χ0n) is 11.8. The molecule has 0 aliphatic rings. The third-order valence-electron chi connectivity index (χ3n) is 2.72. The van der Waals surface area contributed by atoms with Crippen LogP contribution in [0.25, 0.3) is 0 Å². The molecule has 1 N–H and O–H groups in total. The molecule has 0 fully saturated rings. The highest BCUT2D eigenvalue weighted by Gasteiger charge is 2.18. The number of carbonyl (C=O) groups excluding carboxylic acids is 1. The maximum Gasteiger partial charge on any atom is 0.294 e. The van der Waals surface area contributed by atoms with Crippen molar-refractivity contribution in [1.82, 2.24) is 9.46 Å². The molecule has 0 unspecified atom stereocenters. The number of hydrogen-bond donors (Lipinski definition) is 1. The van der Waals surface area contributed by atoms with Crippen LogP contribution in [0.3, 0.4) is 0 Å². The molecule has 0 aliphatic heterocycles. The minimum Gasteiger partial charge on any atom is -0.351 e. The summed E-state index contributed by atoms with van der Waals surface area (Å²) < 4.78 is 30.0. The second-order valence-corrected chi connectivity index (χ2v) is 6.75. The van der Waals surface area contributed by atoms with Crippen LogP contribution in [0.1, 0.15) is 16.2 Å². The van der Waals surface area contributed by atoms with Crippen LogP contribution >= 0.6 is 0 Å². The summed E-state index contributed by atoms with van der Waals surface area (Å²) in [7, 11) is -0.665. The van der Waals surface area contributed by atoms with Gasteiger partial charge < -0.3 is 9.84 Å². The fourth-order valence-corrected chi connectivity index (χ4v) is 2.56. The fraction of sp³-hybridized carbons (Fsp3) is 0.231. The summed E-state index contributed by atoms with van der Waals surface area (Å²) in [5.41, 5.74) is 0.945. The monoisotopic (exact) mass is 309 g/mol. The predicted molar refractivity (Wildman–Crippen MR) is 76.5 cm³/mol. The number of aryl methyl sites for hydroxylation is 1. The van der Waals surface area contributed by atoms with Crippen LogP contribution in [0.4, 0.5) is 5.69 Å². The summed E-state index contributed by atoms with van der Waals surface area (Å²) in [5, 5.41) is 6.19. The topological polar surface area (TPSA) is 92.5 Å². The molecule has 2 aromatic rings. The number of nitrogens with one attached hydrogen (secondary N) is 1. The van der Waals surface area contributed by atoms with Gasteiger partial charge in [-0.05, 0) is 25.1 Å². The molecule has 7 nitrogen and oxygen atoms in total. The summed E-state index contributed by atoms with van der Waals surface area (Å²) >= 11 is 0. The minimum absolute atomic E-state index is 0.0633. The highest BCUT2D eigenvalue weighted by Crippen LogP contribution is 2.18. The van der Waals surface area contributed by atoms with Crippen molar-refractivity contribution in [3.8, 4) is 0 Å². The normalized spacial score (nSPS) is 11.6. The SMILES string of the molecule is Cc1cc(C(=O)Nc2cccc(S(=O)(=O)N(C)C)c2)on1. The highest BCUT2D eigenvalue weighted by molar-refractivity contribution is 7.89. The number of sulfonamides is 1. The summed E-state index contributed by atoms with van der Waals surface area (Å²) in [6.07, 6.45) is 0. The van der Waals surface area contributed by atoms with E-state index in [0.29, 0.717) is 11.4 Å². The molecule has 0 saturated heterocycles. The largest absolute Gasteiger partial charge is 0.351 e. The van der Waals surface area contributed by atoms with Gasteiger partial charge in [0.1, 0.15) is 0 Å². The number of carbonyl (C=O) groups is 1. The molecule has 8 heteroatoms. The predicted octanol–water partition coefficient (Wildman–Crippen LogP) is 1.49. The molecule has 0 radical (unpaired) electrons. The first-order valence-corrected chi connectivity index (χ1v) is 7.52. The molecule has 1 amide bonds. The Morgan fingerprint density at radius 2 is 2.00 bits per heavy atom. The van der Waals surface area contributed by atoms with Gasteiger partial charge in [-0.25, -0.2) is 12.7 Å². The first kappa shape index (κ1) is 15.2. The van der Waals surface area contributed by atoms with E-state index < -0.39 is 15.9 Å². The number of anilines is 1. The van der Waals surface area contributed by atoms with E-state index in [0.717, 1.165) is 4.31 Å². The second kappa shape index (κ2) is 5.66. The lowest BCUT2D eigenvalue weighted by molar-refractivity contribution is 0.0988. The van der Waals surface area contributed by atoms with E-state index in [1.807, 2.05) is 0 Å². The van der Waals surface area contributed by atoms with Gasteiger partial charge in [-0.15, -0.1) is 0 Å². The molecule has 112 valence electrons. The van der Waals surface area contributed by atoms with Crippen molar-refractivity contribution in [2.24, 2.45) is 0 Å². The number of amides is 1. The Morgan fingerprint density at radius 3 is 2.57 bits per heavy atom. The maximum atomic E-state index is 12.0. The Kier molecular flexibility index (Phi) is 4.10. The van der Waals surface area contributed by atoms with E-state index >= 15 is 0 Å². The molecule has 1 aromatic heterocycles. The first-order valence-electron chi connectivity index (χ1n) is 6.08. The Bertz CT molecular complexity index is 765. The van der Waals surface area contributed by atoms with E-state index in [4.69, 9.17) is 4.52 Å². The Labute approximate surface area is 122 Å². The van der Waals surface area contributed by atoms with E-state index in [1.165, 1.54) is 32.3 Å². The Morgan fingerprint density at radius 1 is 1.29 bits per heavy atom. The number of aromatic nitrogens is 1. The molecule has 0 bridgehead atoms. The van der Waals surface area contributed by atoms with Gasteiger partial charge in [0.15, 0.2) is 0 Å². The smallest absolute Gasteiger partial charge is 0.294 e. The third-order valence-corrected chi connectivity index (χ3v) is 4.53. The van der Waals surface area contributed by atoms with Crippen molar-refractivity contribution in [2.45, 2.75) is 11.8 Å². The fourth-order valence-electron chi connectivity index (χ4n) is 1.61. The number of nitrogens with zero attached hydrogens (tertiary/aromatic N) is 2. The molecule has 0 aliphatic carbocycles. The van der Waals surface area contributed by atoms with Crippen LogP contribution in [-0.4, -0.2) is 37.9 Å². The molecular weight excluding hydrogens is 294 g/mol. The quantitative estimate of drug-likeness (QED) is 0.923. The van der Waals surface area contributed by atoms with E-state index in [-0.39, 0.29) is 10.7 Å². The highest BCUT2D eigenvalue weighted by atomic mass is 32.2. The van der Waals surface area contributed by atoms with Crippen LogP contribution in [-0.2, 0) is 10.0 Å². The molecule has 0 saturated carbocycles. The zero-order valence-corrected chi connectivity index (χ0v) is 12.6. The Balaban J connectivity index is 2.25. The van der Waals surface area contributed by atoms with Crippen molar-refractivity contribution in [2.75, 3.05) is 19.4 Å². The second-order valence-electron chi connectivity index (χ2n) is 4.60. The van der Waals surface area contributed by atoms with Crippen LogP contribution in [0.5, 0.6) is 0 Å². The van der Waals surface area contributed by atoms with Gasteiger partial charge in [0.05, 0.1) is 10.6 Å². The van der Waals surface area contributed by atoms with Crippen LogP contribution in [0.15, 0.2) is 39.8 Å². The van der Waals surface area contributed by atoms with E-state index in [9.17, 15) is 13.2 Å². The van der Waals surface area contributed by atoms with Crippen LogP contribution in [0.2, 0.25) is 0 Å². The summed E-state index contributed by atoms with van der Waals surface area (Å²) in [5.74, 6) is -0.427. The van der Waals surface area contributed by atoms with Crippen molar-refractivity contribution < 1.29 is 17.7 Å². The minimum atomic E-state index is -3.55. The average Bonchev–Trinajstić information content (AvgIpc) is 2.85. The molecule has 1 aromatic carbocycles. The summed E-state index contributed by atoms with van der Waals surface area (Å²) in [4.78, 5) is 12.0. The van der Waals surface area contributed by atoms with Gasteiger partial charge in [-0.3, -0.25) is 4.79 Å². The summed E-state index contributed by atoms with van der Waals surface area (Å²) in [6, 6.07) is 7.49. The lowest BCUT2D eigenvalue weighted by atomic mass is 10.3. The number of benzene rings is 1. The van der Waals surface area contributed by atoms with Crippen molar-refractivity contribution in [3.63, 3.8) is 0 Å². The Hall–Kier alpha value is -2.19. The third kappa shape index (κ3) is 3.29. The van der Waals surface area contributed by atoms with Crippen LogP contribution < -0.4 is 5.32 Å². The number of hydrogen-bond acceptors (Lipinski definition) is 5. The average molecular weight is 309 g/mol. The van der Waals surface area contributed by atoms with Gasteiger partial charge >= 0.3 is 0 Å². The zero-order chi connectivity index (χ0) is 15.6. The molecule has 0 atom stereocenters. The van der Waals surface area contributed by atoms with E-state index in [2.05, 4.69) is 10.5 Å². The van der Waals surface area contributed by atoms with Crippen molar-refractivity contribution in [3.05, 3.63) is 41.8 Å². The number of rotatable bonds is 4. The van der Waals surface area contributed by atoms with Gasteiger partial charge in [0.2, 0.25) is 15.8 Å². The maximum absolute atomic E-state index is 12.0. The standard InChI is InChI=1S/C13H15N3O4S/c1-9-7-12(20-15-9)13(17)14-10-5-4-6-11(8-10)21(18,19)16(2)3/h4-8H,1-3H3,(H,14,17). The van der Waals surface area contributed by atoms with Crippen LogP contribution in [0, 0.1) is 6.92 Å².